The maximum Gasteiger partial charge on any atom is 0.339 e. The number of hydrogen-bond acceptors (Lipinski definition) is 2. The Labute approximate surface area is 118 Å². The minimum atomic E-state index is -0.407. The number of hydrogen-bond donors (Lipinski definition) is 0. The number of esters is 1. The maximum atomic E-state index is 10.9. The molecule has 0 heterocycles. The summed E-state index contributed by atoms with van der Waals surface area (Å²) in [4.78, 5) is 10.9. The van der Waals surface area contributed by atoms with Crippen molar-refractivity contribution in [2.75, 3.05) is 7.11 Å². The van der Waals surface area contributed by atoms with E-state index in [0.717, 1.165) is 0 Å². The predicted molar refractivity (Wildman–Crippen MR) is 64.3 cm³/mol. The molecule has 1 aromatic carbocycles. The average Bonchev–Trinajstić information content (AvgIpc) is 2.87. The minimum Gasteiger partial charge on any atom is -0.465 e. The molecular weight excluding hydrogens is 279 g/mol. The zero-order valence-electron chi connectivity index (χ0n) is 9.24. The largest absolute Gasteiger partial charge is 0.465 e. The van der Waals surface area contributed by atoms with Gasteiger partial charge in [0.05, 0.1) is 17.7 Å². The number of carbonyl (C=O) groups is 1. The van der Waals surface area contributed by atoms with Crippen LogP contribution in [0.4, 0.5) is 0 Å². The third-order valence-corrected chi connectivity index (χ3v) is 2.16. The Hall–Kier alpha value is -0.501. The van der Waals surface area contributed by atoms with Crippen LogP contribution in [0.15, 0.2) is 24.3 Å². The van der Waals surface area contributed by atoms with Gasteiger partial charge in [-0.25, -0.2) is 4.79 Å². The van der Waals surface area contributed by atoms with Crippen molar-refractivity contribution in [2.45, 2.75) is 0 Å². The zero-order valence-corrected chi connectivity index (χ0v) is 11.1. The SMILES string of the molecule is COC(=O)c1ccccc1Cl.[CH]1[CH][CH][CH][CH]1.[Fe]. The van der Waals surface area contributed by atoms with Crippen LogP contribution in [0.1, 0.15) is 10.4 Å². The van der Waals surface area contributed by atoms with E-state index < -0.39 is 5.97 Å². The van der Waals surface area contributed by atoms with Gasteiger partial charge in [0.1, 0.15) is 0 Å². The summed E-state index contributed by atoms with van der Waals surface area (Å²) in [6.07, 6.45) is 10.0. The van der Waals surface area contributed by atoms with Crippen LogP contribution in [0.5, 0.6) is 0 Å². The van der Waals surface area contributed by atoms with Crippen LogP contribution in [-0.2, 0) is 21.8 Å². The van der Waals surface area contributed by atoms with Gasteiger partial charge in [-0.3, -0.25) is 0 Å². The van der Waals surface area contributed by atoms with E-state index in [1.54, 1.807) is 24.3 Å². The van der Waals surface area contributed by atoms with Crippen LogP contribution < -0.4 is 0 Å². The van der Waals surface area contributed by atoms with Gasteiger partial charge in [0.25, 0.3) is 0 Å². The maximum absolute atomic E-state index is 10.9. The molecule has 91 valence electrons. The van der Waals surface area contributed by atoms with Crippen molar-refractivity contribution < 1.29 is 26.6 Å². The summed E-state index contributed by atoms with van der Waals surface area (Å²) in [5, 5.41) is 0.416. The van der Waals surface area contributed by atoms with Crippen LogP contribution >= 0.6 is 11.6 Å². The second-order valence-corrected chi connectivity index (χ2v) is 3.34. The van der Waals surface area contributed by atoms with Crippen molar-refractivity contribution in [3.63, 3.8) is 0 Å². The molecule has 0 atom stereocenters. The number of halogens is 1. The Morgan fingerprint density at radius 1 is 1.06 bits per heavy atom. The summed E-state index contributed by atoms with van der Waals surface area (Å²) in [7, 11) is 1.33. The molecule has 5 radical (unpaired) electrons. The molecule has 1 aliphatic carbocycles. The first-order valence-electron chi connectivity index (χ1n) is 4.75. The molecule has 0 aromatic heterocycles. The van der Waals surface area contributed by atoms with Crippen molar-refractivity contribution in [1.29, 1.82) is 0 Å². The monoisotopic (exact) mass is 291 g/mol. The minimum absolute atomic E-state index is 0. The molecule has 0 bridgehead atoms. The van der Waals surface area contributed by atoms with Gasteiger partial charge < -0.3 is 4.74 Å². The molecule has 4 heteroatoms. The van der Waals surface area contributed by atoms with Crippen molar-refractivity contribution in [3.05, 3.63) is 67.0 Å². The Morgan fingerprint density at radius 2 is 1.53 bits per heavy atom. The van der Waals surface area contributed by atoms with Gasteiger partial charge in [0.15, 0.2) is 0 Å². The second kappa shape index (κ2) is 9.52. The van der Waals surface area contributed by atoms with Crippen LogP contribution in [-0.4, -0.2) is 13.1 Å². The summed E-state index contributed by atoms with van der Waals surface area (Å²) in [5.74, 6) is -0.407. The molecule has 0 aliphatic heterocycles. The topological polar surface area (TPSA) is 26.3 Å². The molecule has 1 aliphatic rings. The second-order valence-electron chi connectivity index (χ2n) is 2.93. The van der Waals surface area contributed by atoms with Crippen LogP contribution in [0.3, 0.4) is 0 Å². The van der Waals surface area contributed by atoms with Gasteiger partial charge in [-0.2, -0.15) is 0 Å². The van der Waals surface area contributed by atoms with Crippen LogP contribution in [0.25, 0.3) is 0 Å². The molecule has 0 spiro atoms. The fourth-order valence-electron chi connectivity index (χ4n) is 1.06. The van der Waals surface area contributed by atoms with Crippen molar-refractivity contribution >= 4 is 17.6 Å². The first-order chi connectivity index (χ1) is 7.75. The van der Waals surface area contributed by atoms with E-state index >= 15 is 0 Å². The van der Waals surface area contributed by atoms with Crippen LogP contribution in [0, 0.1) is 32.1 Å². The normalized spacial score (nSPS) is 13.1. The Kier molecular flexibility index (Phi) is 9.24. The number of methoxy groups -OCH3 is 1. The van der Waals surface area contributed by atoms with Gasteiger partial charge in [-0.1, -0.05) is 23.7 Å². The summed E-state index contributed by atoms with van der Waals surface area (Å²) in [6.45, 7) is 0. The Morgan fingerprint density at radius 3 is 1.94 bits per heavy atom. The first kappa shape index (κ1) is 16.5. The van der Waals surface area contributed by atoms with E-state index in [1.165, 1.54) is 7.11 Å². The van der Waals surface area contributed by atoms with Crippen molar-refractivity contribution in [1.82, 2.24) is 0 Å². The van der Waals surface area contributed by atoms with Gasteiger partial charge >= 0.3 is 5.97 Å². The molecule has 0 saturated heterocycles. The smallest absolute Gasteiger partial charge is 0.339 e. The van der Waals surface area contributed by atoms with E-state index in [0.29, 0.717) is 10.6 Å². The van der Waals surface area contributed by atoms with E-state index in [4.69, 9.17) is 11.6 Å². The summed E-state index contributed by atoms with van der Waals surface area (Å²) in [6, 6.07) is 6.76. The number of benzene rings is 1. The van der Waals surface area contributed by atoms with Gasteiger partial charge in [-0.15, -0.1) is 0 Å². The molecule has 1 aromatic rings. The summed E-state index contributed by atoms with van der Waals surface area (Å²) >= 11 is 5.70. The number of carbonyl (C=O) groups excluding carboxylic acids is 1. The molecule has 2 nitrogen and oxygen atoms in total. The van der Waals surface area contributed by atoms with Crippen molar-refractivity contribution in [2.24, 2.45) is 0 Å². The molecule has 1 saturated carbocycles. The summed E-state index contributed by atoms with van der Waals surface area (Å²) in [5.41, 5.74) is 0.400. The van der Waals surface area contributed by atoms with Gasteiger partial charge in [0.2, 0.25) is 0 Å². The fourth-order valence-corrected chi connectivity index (χ4v) is 1.27. The Balaban J connectivity index is 0.000000360. The fraction of sp³-hybridized carbons (Fsp3) is 0.0769. The molecule has 0 unspecified atom stereocenters. The molecule has 0 amide bonds. The third kappa shape index (κ3) is 6.11. The quantitative estimate of drug-likeness (QED) is 0.587. The van der Waals surface area contributed by atoms with E-state index in [-0.39, 0.29) is 17.1 Å². The Bertz CT molecular complexity index is 330. The van der Waals surface area contributed by atoms with Crippen molar-refractivity contribution in [3.8, 4) is 0 Å². The number of rotatable bonds is 1. The standard InChI is InChI=1S/C8H7ClO2.C5H5.Fe/c1-11-8(10)6-4-2-3-5-7(6)9;1-2-4-5-3-1;/h2-5H,1H3;1-5H;. The average molecular weight is 292 g/mol. The summed E-state index contributed by atoms with van der Waals surface area (Å²) < 4.78 is 4.49. The van der Waals surface area contributed by atoms with Gasteiger partial charge in [0, 0.05) is 17.1 Å². The predicted octanol–water partition coefficient (Wildman–Crippen LogP) is 3.15. The van der Waals surface area contributed by atoms with Gasteiger partial charge in [-0.05, 0) is 44.2 Å². The number of ether oxygens (including phenoxy) is 1. The van der Waals surface area contributed by atoms with E-state index in [9.17, 15) is 4.79 Å². The molecule has 17 heavy (non-hydrogen) atoms. The third-order valence-electron chi connectivity index (χ3n) is 1.83. The zero-order chi connectivity index (χ0) is 11.8. The molecule has 1 fully saturated rings. The van der Waals surface area contributed by atoms with E-state index in [2.05, 4.69) is 4.74 Å². The first-order valence-corrected chi connectivity index (χ1v) is 5.13. The van der Waals surface area contributed by atoms with Crippen LogP contribution in [0.2, 0.25) is 5.02 Å². The molecule has 2 rings (SSSR count). The molecule has 0 N–H and O–H groups in total. The van der Waals surface area contributed by atoms with E-state index in [1.807, 2.05) is 32.1 Å². The molecular formula is C13H12ClFeO2.